The van der Waals surface area contributed by atoms with Crippen LogP contribution in [0.15, 0.2) is 4.99 Å². The lowest BCUT2D eigenvalue weighted by Gasteiger charge is -2.05. The first-order valence-electron chi connectivity index (χ1n) is 14.0. The highest BCUT2D eigenvalue weighted by atomic mass is 16.1. The molecule has 5 N–H and O–H groups in total. The molecule has 1 amide bonds. The smallest absolute Gasteiger partial charge is 0.219 e. The molecule has 0 aliphatic carbocycles. The number of amides is 1. The molecule has 0 aromatic heterocycles. The number of rotatable bonds is 25. The molecule has 0 aliphatic rings. The maximum Gasteiger partial charge on any atom is 0.219 e. The van der Waals surface area contributed by atoms with Crippen molar-refractivity contribution in [1.29, 1.82) is 0 Å². The van der Waals surface area contributed by atoms with E-state index in [4.69, 9.17) is 11.5 Å². The molecule has 0 bridgehead atoms. The van der Waals surface area contributed by atoms with Gasteiger partial charge in [-0.15, -0.1) is 0 Å². The van der Waals surface area contributed by atoms with E-state index in [0.717, 1.165) is 25.8 Å². The SMILES string of the molecule is CCCCCCCCCCCCCCCCCCCCCC(=O)NCCCCN=C(N)N. The molecule has 0 aromatic rings. The van der Waals surface area contributed by atoms with E-state index in [1.165, 1.54) is 116 Å². The normalized spacial score (nSPS) is 10.9. The molecule has 0 aliphatic heterocycles. The summed E-state index contributed by atoms with van der Waals surface area (Å²) in [5, 5.41) is 2.98. The van der Waals surface area contributed by atoms with Crippen LogP contribution in [0.25, 0.3) is 0 Å². The minimum Gasteiger partial charge on any atom is -0.370 e. The number of guanidine groups is 1. The zero-order valence-electron chi connectivity index (χ0n) is 21.5. The van der Waals surface area contributed by atoms with Gasteiger partial charge in [0, 0.05) is 19.5 Å². The van der Waals surface area contributed by atoms with Gasteiger partial charge in [-0.25, -0.2) is 0 Å². The summed E-state index contributed by atoms with van der Waals surface area (Å²) in [6.07, 6.45) is 28.6. The lowest BCUT2D eigenvalue weighted by atomic mass is 10.0. The van der Waals surface area contributed by atoms with Crippen LogP contribution in [0.4, 0.5) is 0 Å². The van der Waals surface area contributed by atoms with E-state index in [-0.39, 0.29) is 11.9 Å². The lowest BCUT2D eigenvalue weighted by molar-refractivity contribution is -0.121. The number of carbonyl (C=O) groups is 1. The third-order valence-corrected chi connectivity index (χ3v) is 6.21. The van der Waals surface area contributed by atoms with E-state index in [2.05, 4.69) is 17.2 Å². The van der Waals surface area contributed by atoms with Gasteiger partial charge >= 0.3 is 0 Å². The van der Waals surface area contributed by atoms with Crippen LogP contribution < -0.4 is 16.8 Å². The van der Waals surface area contributed by atoms with Crippen LogP contribution >= 0.6 is 0 Å². The van der Waals surface area contributed by atoms with Crippen molar-refractivity contribution in [3.63, 3.8) is 0 Å². The lowest BCUT2D eigenvalue weighted by Crippen LogP contribution is -2.24. The Kier molecular flexibility index (Phi) is 25.0. The second kappa shape index (κ2) is 26.0. The summed E-state index contributed by atoms with van der Waals surface area (Å²) in [4.78, 5) is 15.7. The van der Waals surface area contributed by atoms with Crippen molar-refractivity contribution in [3.8, 4) is 0 Å². The molecular formula is C27H56N4O. The van der Waals surface area contributed by atoms with Gasteiger partial charge in [-0.2, -0.15) is 0 Å². The molecule has 0 saturated heterocycles. The van der Waals surface area contributed by atoms with Crippen LogP contribution in [0.2, 0.25) is 0 Å². The molecule has 5 nitrogen and oxygen atoms in total. The molecule has 0 heterocycles. The van der Waals surface area contributed by atoms with Crippen molar-refractivity contribution in [2.45, 2.75) is 148 Å². The van der Waals surface area contributed by atoms with Gasteiger partial charge in [0.25, 0.3) is 0 Å². The van der Waals surface area contributed by atoms with Crippen LogP contribution in [-0.2, 0) is 4.79 Å². The predicted octanol–water partition coefficient (Wildman–Crippen LogP) is 6.98. The van der Waals surface area contributed by atoms with Crippen LogP contribution in [0.3, 0.4) is 0 Å². The molecule has 0 saturated carbocycles. The number of unbranched alkanes of at least 4 members (excludes halogenated alkanes) is 19. The summed E-state index contributed by atoms with van der Waals surface area (Å²) in [6, 6.07) is 0. The average Bonchev–Trinajstić information content (AvgIpc) is 2.77. The molecule has 0 radical (unpaired) electrons. The monoisotopic (exact) mass is 452 g/mol. The number of carbonyl (C=O) groups excluding carboxylic acids is 1. The number of nitrogens with one attached hydrogen (secondary N) is 1. The fourth-order valence-corrected chi connectivity index (χ4v) is 4.13. The molecule has 0 atom stereocenters. The first-order valence-corrected chi connectivity index (χ1v) is 14.0. The molecule has 32 heavy (non-hydrogen) atoms. The van der Waals surface area contributed by atoms with Crippen molar-refractivity contribution >= 4 is 11.9 Å². The van der Waals surface area contributed by atoms with Gasteiger partial charge in [-0.3, -0.25) is 9.79 Å². The van der Waals surface area contributed by atoms with Crippen LogP contribution in [0, 0.1) is 0 Å². The number of hydrogen-bond donors (Lipinski definition) is 3. The van der Waals surface area contributed by atoms with Crippen LogP contribution in [0.5, 0.6) is 0 Å². The first kappa shape index (κ1) is 30.7. The topological polar surface area (TPSA) is 93.5 Å². The number of nitrogens with two attached hydrogens (primary N) is 2. The minimum atomic E-state index is 0.137. The minimum absolute atomic E-state index is 0.137. The van der Waals surface area contributed by atoms with Crippen LogP contribution in [0.1, 0.15) is 148 Å². The highest BCUT2D eigenvalue weighted by Crippen LogP contribution is 2.14. The second-order valence-corrected chi connectivity index (χ2v) is 9.48. The van der Waals surface area contributed by atoms with Gasteiger partial charge < -0.3 is 16.8 Å². The third kappa shape index (κ3) is 26.8. The van der Waals surface area contributed by atoms with E-state index in [9.17, 15) is 4.79 Å². The van der Waals surface area contributed by atoms with Gasteiger partial charge in [-0.1, -0.05) is 122 Å². The zero-order valence-corrected chi connectivity index (χ0v) is 21.5. The Morgan fingerprint density at radius 2 is 1.00 bits per heavy atom. The maximum absolute atomic E-state index is 11.8. The Morgan fingerprint density at radius 1 is 0.594 bits per heavy atom. The summed E-state index contributed by atoms with van der Waals surface area (Å²) >= 11 is 0. The summed E-state index contributed by atoms with van der Waals surface area (Å²) in [5.74, 6) is 0.317. The van der Waals surface area contributed by atoms with Gasteiger partial charge in [0.05, 0.1) is 0 Å². The zero-order chi connectivity index (χ0) is 23.5. The number of nitrogens with zero attached hydrogens (tertiary/aromatic N) is 1. The van der Waals surface area contributed by atoms with E-state index < -0.39 is 0 Å². The molecule has 5 heteroatoms. The highest BCUT2D eigenvalue weighted by molar-refractivity contribution is 5.76. The van der Waals surface area contributed by atoms with Crippen molar-refractivity contribution in [2.75, 3.05) is 13.1 Å². The molecule has 0 fully saturated rings. The Morgan fingerprint density at radius 3 is 1.41 bits per heavy atom. The Hall–Kier alpha value is -1.26. The summed E-state index contributed by atoms with van der Waals surface area (Å²) in [6.45, 7) is 3.64. The van der Waals surface area contributed by atoms with Gasteiger partial charge in [-0.05, 0) is 19.3 Å². The van der Waals surface area contributed by atoms with Crippen molar-refractivity contribution in [1.82, 2.24) is 5.32 Å². The average molecular weight is 453 g/mol. The Labute approximate surface area is 200 Å². The summed E-state index contributed by atoms with van der Waals surface area (Å²) in [5.41, 5.74) is 10.5. The predicted molar refractivity (Wildman–Crippen MR) is 141 cm³/mol. The van der Waals surface area contributed by atoms with Crippen molar-refractivity contribution in [3.05, 3.63) is 0 Å². The first-order chi connectivity index (χ1) is 15.7. The summed E-state index contributed by atoms with van der Waals surface area (Å²) < 4.78 is 0. The molecular weight excluding hydrogens is 396 g/mol. The second-order valence-electron chi connectivity index (χ2n) is 9.48. The van der Waals surface area contributed by atoms with E-state index in [0.29, 0.717) is 13.0 Å². The van der Waals surface area contributed by atoms with Gasteiger partial charge in [0.2, 0.25) is 5.91 Å². The number of hydrogen-bond acceptors (Lipinski definition) is 2. The molecule has 0 unspecified atom stereocenters. The molecule has 190 valence electrons. The molecule has 0 spiro atoms. The van der Waals surface area contributed by atoms with E-state index >= 15 is 0 Å². The Bertz CT molecular complexity index is 422. The third-order valence-electron chi connectivity index (χ3n) is 6.21. The van der Waals surface area contributed by atoms with Crippen LogP contribution in [-0.4, -0.2) is 25.0 Å². The quantitative estimate of drug-likeness (QED) is 0.0792. The molecule has 0 rings (SSSR count). The van der Waals surface area contributed by atoms with Gasteiger partial charge in [0.15, 0.2) is 5.96 Å². The van der Waals surface area contributed by atoms with Gasteiger partial charge in [0.1, 0.15) is 0 Å². The Balaban J connectivity index is 3.14. The standard InChI is InChI=1S/C27H56N4O/c1-2-3-4-5-6-7-8-9-10-11-12-13-14-15-16-17-18-19-20-23-26(32)30-24-21-22-25-31-27(28)29/h2-25H2,1H3,(H,30,32)(H4,28,29,31). The van der Waals surface area contributed by atoms with E-state index in [1.807, 2.05) is 0 Å². The fourth-order valence-electron chi connectivity index (χ4n) is 4.13. The maximum atomic E-state index is 11.8. The summed E-state index contributed by atoms with van der Waals surface area (Å²) in [7, 11) is 0. The van der Waals surface area contributed by atoms with Crippen molar-refractivity contribution in [2.24, 2.45) is 16.5 Å². The van der Waals surface area contributed by atoms with Crippen molar-refractivity contribution < 1.29 is 4.79 Å². The molecule has 0 aromatic carbocycles. The fraction of sp³-hybridized carbons (Fsp3) is 0.926. The largest absolute Gasteiger partial charge is 0.370 e. The number of aliphatic imine (C=N–C) groups is 1. The van der Waals surface area contributed by atoms with E-state index in [1.54, 1.807) is 0 Å². The highest BCUT2D eigenvalue weighted by Gasteiger charge is 2.00.